The fourth-order valence-electron chi connectivity index (χ4n) is 9.87. The van der Waals surface area contributed by atoms with Crippen molar-refractivity contribution in [2.75, 3.05) is 9.80 Å². The molecule has 1 aliphatic heterocycles. The quantitative estimate of drug-likeness (QED) is 0.156. The van der Waals surface area contributed by atoms with E-state index < -0.39 is 0 Å². The Labute approximate surface area is 346 Å². The molecule has 1 heterocycles. The molecule has 59 heavy (non-hydrogen) atoms. The minimum Gasteiger partial charge on any atom is -0.309 e. The molecule has 2 heteroatoms. The molecular weight excluding hydrogens is 713 g/mol. The summed E-state index contributed by atoms with van der Waals surface area (Å²) in [7, 11) is 0. The second-order valence-corrected chi connectivity index (χ2v) is 16.4. The van der Waals surface area contributed by atoms with Gasteiger partial charge in [-0.05, 0) is 137 Å². The van der Waals surface area contributed by atoms with Crippen molar-refractivity contribution in [2.24, 2.45) is 0 Å². The van der Waals surface area contributed by atoms with E-state index in [0.717, 1.165) is 0 Å². The second kappa shape index (κ2) is 13.5. The maximum atomic E-state index is 2.55. The van der Waals surface area contributed by atoms with E-state index in [4.69, 9.17) is 0 Å². The van der Waals surface area contributed by atoms with Crippen LogP contribution >= 0.6 is 0 Å². The number of anilines is 6. The lowest BCUT2D eigenvalue weighted by molar-refractivity contribution is 1.21. The third kappa shape index (κ3) is 5.40. The van der Waals surface area contributed by atoms with Gasteiger partial charge < -0.3 is 9.80 Å². The molecular formula is C57H44N2. The Balaban J connectivity index is 1.21. The average Bonchev–Trinajstić information content (AvgIpc) is 3.26. The number of rotatable bonds is 6. The van der Waals surface area contributed by atoms with Crippen LogP contribution in [0.3, 0.4) is 0 Å². The number of benzene rings is 10. The fourth-order valence-corrected chi connectivity index (χ4v) is 9.87. The van der Waals surface area contributed by atoms with Crippen LogP contribution in [0.4, 0.5) is 34.1 Å². The van der Waals surface area contributed by atoms with Gasteiger partial charge in [0.1, 0.15) is 0 Å². The third-order valence-corrected chi connectivity index (χ3v) is 12.7. The molecule has 10 aromatic rings. The van der Waals surface area contributed by atoms with Crippen LogP contribution in [0, 0.1) is 34.6 Å². The van der Waals surface area contributed by atoms with Gasteiger partial charge in [0.15, 0.2) is 0 Å². The van der Waals surface area contributed by atoms with Crippen LogP contribution in [-0.4, -0.2) is 0 Å². The summed E-state index contributed by atoms with van der Waals surface area (Å²) in [4.78, 5) is 5.09. The summed E-state index contributed by atoms with van der Waals surface area (Å²) >= 11 is 0. The van der Waals surface area contributed by atoms with E-state index >= 15 is 0 Å². The standard InChI is InChI=1S/C57H44N2/c1-35-22-24-43(40-17-8-6-9-18-40)33-51(35)58(56-37(3)14-12-15-38(56)4)49-30-28-45-32-48-46-21-13-16-39(5)57(46)59(50-31-27-42-26-29-47(49)53(45)54(42)55(48)50)52-34-44(25-23-36(52)2)41-19-10-7-11-20-41/h6-34H,1-5H3. The number of hydrogen-bond donors (Lipinski definition) is 0. The van der Waals surface area contributed by atoms with Crippen LogP contribution in [0.15, 0.2) is 176 Å². The van der Waals surface area contributed by atoms with Crippen molar-refractivity contribution in [3.63, 3.8) is 0 Å². The summed E-state index contributed by atoms with van der Waals surface area (Å²) in [5, 5.41) is 7.69. The molecule has 0 bridgehead atoms. The molecule has 0 saturated heterocycles. The third-order valence-electron chi connectivity index (χ3n) is 12.7. The van der Waals surface area contributed by atoms with Gasteiger partial charge in [0.05, 0.1) is 22.7 Å². The van der Waals surface area contributed by atoms with E-state index in [-0.39, 0.29) is 0 Å². The zero-order chi connectivity index (χ0) is 39.9. The first-order chi connectivity index (χ1) is 28.9. The van der Waals surface area contributed by atoms with Gasteiger partial charge in [-0.15, -0.1) is 0 Å². The Bertz CT molecular complexity index is 3250. The van der Waals surface area contributed by atoms with Crippen molar-refractivity contribution >= 4 is 66.4 Å². The molecule has 0 amide bonds. The van der Waals surface area contributed by atoms with Gasteiger partial charge in [0, 0.05) is 33.1 Å². The Kier molecular flexibility index (Phi) is 8.00. The number of fused-ring (bicyclic) bond motifs is 2. The molecule has 0 spiro atoms. The lowest BCUT2D eigenvalue weighted by Crippen LogP contribution is -2.18. The Morgan fingerprint density at radius 1 is 0.356 bits per heavy atom. The van der Waals surface area contributed by atoms with Crippen molar-refractivity contribution in [3.05, 3.63) is 204 Å². The van der Waals surface area contributed by atoms with E-state index in [1.165, 1.54) is 128 Å². The molecule has 0 atom stereocenters. The van der Waals surface area contributed by atoms with Crippen molar-refractivity contribution in [2.45, 2.75) is 34.6 Å². The van der Waals surface area contributed by atoms with Crippen LogP contribution < -0.4 is 9.80 Å². The zero-order valence-electron chi connectivity index (χ0n) is 34.1. The molecule has 10 aromatic carbocycles. The summed E-state index contributed by atoms with van der Waals surface area (Å²) in [6.45, 7) is 11.2. The van der Waals surface area contributed by atoms with Gasteiger partial charge in [-0.3, -0.25) is 0 Å². The molecule has 11 rings (SSSR count). The maximum Gasteiger partial charge on any atom is 0.0569 e. The molecule has 0 unspecified atom stereocenters. The lowest BCUT2D eigenvalue weighted by atomic mass is 9.83. The van der Waals surface area contributed by atoms with Crippen LogP contribution in [0.2, 0.25) is 0 Å². The molecule has 1 aliphatic rings. The number of nitrogens with zero attached hydrogens (tertiary/aromatic N) is 2. The Morgan fingerprint density at radius 2 is 0.983 bits per heavy atom. The van der Waals surface area contributed by atoms with Crippen LogP contribution in [0.25, 0.3) is 65.7 Å². The highest BCUT2D eigenvalue weighted by atomic mass is 15.2. The highest BCUT2D eigenvalue weighted by Crippen LogP contribution is 2.57. The van der Waals surface area contributed by atoms with Gasteiger partial charge in [0.2, 0.25) is 0 Å². The largest absolute Gasteiger partial charge is 0.309 e. The summed E-state index contributed by atoms with van der Waals surface area (Å²) in [6.07, 6.45) is 0. The Hall–Kier alpha value is -7.16. The molecule has 0 N–H and O–H groups in total. The minimum absolute atomic E-state index is 1.18. The van der Waals surface area contributed by atoms with Gasteiger partial charge in [-0.1, -0.05) is 146 Å². The molecule has 0 saturated carbocycles. The van der Waals surface area contributed by atoms with E-state index in [1.54, 1.807) is 0 Å². The molecule has 0 aliphatic carbocycles. The number of para-hydroxylation sites is 2. The normalized spacial score (nSPS) is 12.1. The van der Waals surface area contributed by atoms with Crippen molar-refractivity contribution in [1.82, 2.24) is 0 Å². The predicted octanol–water partition coefficient (Wildman–Crippen LogP) is 16.4. The molecule has 0 radical (unpaired) electrons. The van der Waals surface area contributed by atoms with E-state index in [9.17, 15) is 0 Å². The van der Waals surface area contributed by atoms with Gasteiger partial charge in [0.25, 0.3) is 0 Å². The smallest absolute Gasteiger partial charge is 0.0569 e. The molecule has 0 fully saturated rings. The summed E-state index contributed by atoms with van der Waals surface area (Å²) in [5.74, 6) is 0. The minimum atomic E-state index is 1.18. The summed E-state index contributed by atoms with van der Waals surface area (Å²) in [5.41, 5.74) is 20.9. The van der Waals surface area contributed by atoms with Gasteiger partial charge in [-0.2, -0.15) is 0 Å². The zero-order valence-corrected chi connectivity index (χ0v) is 34.1. The average molecular weight is 757 g/mol. The predicted molar refractivity (Wildman–Crippen MR) is 253 cm³/mol. The first kappa shape index (κ1) is 35.0. The SMILES string of the molecule is Cc1ccc(-c2ccccc2)cc1N(c1c(C)cccc1C)c1ccc2cc3c4c(ccc5ccc1c2c54)N(c1cc(-c2ccccc2)ccc1C)c1c(C)cccc1-3. The highest BCUT2D eigenvalue weighted by Gasteiger charge is 2.31. The molecule has 0 aromatic heterocycles. The van der Waals surface area contributed by atoms with Gasteiger partial charge in [-0.25, -0.2) is 0 Å². The monoisotopic (exact) mass is 756 g/mol. The van der Waals surface area contributed by atoms with Crippen molar-refractivity contribution < 1.29 is 0 Å². The van der Waals surface area contributed by atoms with Crippen LogP contribution in [-0.2, 0) is 0 Å². The molecule has 282 valence electrons. The lowest BCUT2D eigenvalue weighted by Gasteiger charge is -2.37. The molecule has 2 nitrogen and oxygen atoms in total. The summed E-state index contributed by atoms with van der Waals surface area (Å²) in [6, 6.07) is 65.4. The van der Waals surface area contributed by atoms with Crippen LogP contribution in [0.5, 0.6) is 0 Å². The number of hydrogen-bond acceptors (Lipinski definition) is 2. The van der Waals surface area contributed by atoms with Gasteiger partial charge >= 0.3 is 0 Å². The van der Waals surface area contributed by atoms with E-state index in [2.05, 4.69) is 220 Å². The van der Waals surface area contributed by atoms with Crippen LogP contribution in [0.1, 0.15) is 27.8 Å². The van der Waals surface area contributed by atoms with Crippen molar-refractivity contribution in [1.29, 1.82) is 0 Å². The first-order valence-corrected chi connectivity index (χ1v) is 20.7. The fraction of sp³-hybridized carbons (Fsp3) is 0.0877. The number of aryl methyl sites for hydroxylation is 5. The summed E-state index contributed by atoms with van der Waals surface area (Å²) < 4.78 is 0. The van der Waals surface area contributed by atoms with E-state index in [1.807, 2.05) is 0 Å². The Morgan fingerprint density at radius 3 is 1.71 bits per heavy atom. The first-order valence-electron chi connectivity index (χ1n) is 20.7. The van der Waals surface area contributed by atoms with E-state index in [0.29, 0.717) is 0 Å². The maximum absolute atomic E-state index is 2.55. The topological polar surface area (TPSA) is 6.48 Å². The second-order valence-electron chi connectivity index (χ2n) is 16.4. The highest BCUT2D eigenvalue weighted by molar-refractivity contribution is 6.33. The van der Waals surface area contributed by atoms with Crippen molar-refractivity contribution in [3.8, 4) is 33.4 Å².